The first-order valence-electron chi connectivity index (χ1n) is 3.76. The number of benzene rings is 1. The number of halogens is 2. The molecule has 0 fully saturated rings. The molecule has 0 aromatic heterocycles. The average molecular weight is 174 g/mol. The van der Waals surface area contributed by atoms with E-state index in [1.165, 1.54) is 6.92 Å². The van der Waals surface area contributed by atoms with Gasteiger partial charge >= 0.3 is 0 Å². The van der Waals surface area contributed by atoms with Crippen LogP contribution in [-0.2, 0) is 0 Å². The minimum absolute atomic E-state index is 0.223. The molecule has 3 heteroatoms. The zero-order valence-corrected chi connectivity index (χ0v) is 7.36. The smallest absolute Gasteiger partial charge is 0.162 e. The molecule has 0 saturated carbocycles. The van der Waals surface area contributed by atoms with Crippen molar-refractivity contribution in [1.82, 2.24) is 0 Å². The van der Waals surface area contributed by atoms with Crippen LogP contribution < -0.4 is 0 Å². The van der Waals surface area contributed by atoms with Gasteiger partial charge < -0.3 is 5.11 Å². The van der Waals surface area contributed by atoms with Gasteiger partial charge in [-0.25, -0.2) is 8.78 Å². The predicted octanol–water partition coefficient (Wildman–Crippen LogP) is 3.01. The minimum atomic E-state index is -1.02. The normalized spacial score (nSPS) is 8.75. The molecule has 0 heterocycles. The van der Waals surface area contributed by atoms with Crippen molar-refractivity contribution >= 4 is 0 Å². The fourth-order valence-corrected chi connectivity index (χ4v) is 0.636. The summed E-state index contributed by atoms with van der Waals surface area (Å²) in [5.74, 6) is -2.18. The average Bonchev–Trinajstić information content (AvgIpc) is 2.05. The lowest BCUT2D eigenvalue weighted by Crippen LogP contribution is -1.84. The van der Waals surface area contributed by atoms with Gasteiger partial charge in [0.2, 0.25) is 0 Å². The van der Waals surface area contributed by atoms with E-state index in [0.29, 0.717) is 5.56 Å². The number of phenols is 1. The molecular weight excluding hydrogens is 162 g/mol. The fourth-order valence-electron chi connectivity index (χ4n) is 0.636. The first-order chi connectivity index (χ1) is 5.61. The zero-order chi connectivity index (χ0) is 9.72. The van der Waals surface area contributed by atoms with Crippen LogP contribution in [0.15, 0.2) is 12.1 Å². The Morgan fingerprint density at radius 1 is 1.08 bits per heavy atom. The second-order valence-electron chi connectivity index (χ2n) is 2.05. The van der Waals surface area contributed by atoms with Gasteiger partial charge in [-0.2, -0.15) is 0 Å². The topological polar surface area (TPSA) is 20.2 Å². The highest BCUT2D eigenvalue weighted by Crippen LogP contribution is 2.18. The Bertz CT molecular complexity index is 209. The van der Waals surface area contributed by atoms with Gasteiger partial charge in [0.1, 0.15) is 5.75 Å². The second kappa shape index (κ2) is 4.70. The van der Waals surface area contributed by atoms with E-state index >= 15 is 0 Å². The van der Waals surface area contributed by atoms with Crippen molar-refractivity contribution in [1.29, 1.82) is 0 Å². The number of hydrogen-bond acceptors (Lipinski definition) is 1. The molecular formula is C9H12F2O. The molecule has 0 amide bonds. The van der Waals surface area contributed by atoms with Gasteiger partial charge in [0.05, 0.1) is 0 Å². The number of aryl methyl sites for hydroxylation is 1. The summed E-state index contributed by atoms with van der Waals surface area (Å²) in [6.45, 7) is 5.50. The molecule has 1 rings (SSSR count). The lowest BCUT2D eigenvalue weighted by molar-refractivity contribution is 0.450. The summed E-state index contributed by atoms with van der Waals surface area (Å²) in [5.41, 5.74) is 0.332. The van der Waals surface area contributed by atoms with Crippen LogP contribution in [0, 0.1) is 18.6 Å². The van der Waals surface area contributed by atoms with Crippen molar-refractivity contribution in [2.75, 3.05) is 0 Å². The number of aromatic hydroxyl groups is 1. The van der Waals surface area contributed by atoms with E-state index in [1.54, 1.807) is 0 Å². The predicted molar refractivity (Wildman–Crippen MR) is 44.1 cm³/mol. The van der Waals surface area contributed by atoms with Crippen molar-refractivity contribution in [3.8, 4) is 5.75 Å². The Morgan fingerprint density at radius 3 is 1.92 bits per heavy atom. The van der Waals surface area contributed by atoms with Gasteiger partial charge in [-0.1, -0.05) is 13.8 Å². The van der Waals surface area contributed by atoms with Crippen molar-refractivity contribution in [3.05, 3.63) is 29.3 Å². The molecule has 0 aliphatic carbocycles. The summed E-state index contributed by atoms with van der Waals surface area (Å²) >= 11 is 0. The molecule has 0 saturated heterocycles. The Hall–Kier alpha value is -1.12. The number of phenolic OH excluding ortho intramolecular Hbond substituents is 1. The first-order valence-corrected chi connectivity index (χ1v) is 3.76. The van der Waals surface area contributed by atoms with Crippen LogP contribution >= 0.6 is 0 Å². The zero-order valence-electron chi connectivity index (χ0n) is 7.36. The number of hydrogen-bond donors (Lipinski definition) is 1. The molecule has 1 nitrogen and oxygen atoms in total. The van der Waals surface area contributed by atoms with Gasteiger partial charge in [0.15, 0.2) is 11.6 Å². The summed E-state index contributed by atoms with van der Waals surface area (Å²) in [7, 11) is 0. The molecule has 0 unspecified atom stereocenters. The van der Waals surface area contributed by atoms with Gasteiger partial charge in [0.25, 0.3) is 0 Å². The molecule has 68 valence electrons. The van der Waals surface area contributed by atoms with Crippen molar-refractivity contribution in [3.63, 3.8) is 0 Å². The summed E-state index contributed by atoms with van der Waals surface area (Å²) < 4.78 is 24.5. The Labute approximate surface area is 70.7 Å². The molecule has 1 aromatic rings. The van der Waals surface area contributed by atoms with Crippen LogP contribution in [0.2, 0.25) is 0 Å². The Kier molecular flexibility index (Phi) is 4.26. The van der Waals surface area contributed by atoms with Crippen LogP contribution in [0.1, 0.15) is 19.4 Å². The van der Waals surface area contributed by atoms with Gasteiger partial charge in [-0.15, -0.1) is 0 Å². The second-order valence-corrected chi connectivity index (χ2v) is 2.05. The van der Waals surface area contributed by atoms with E-state index in [-0.39, 0.29) is 5.75 Å². The summed E-state index contributed by atoms with van der Waals surface area (Å²) in [4.78, 5) is 0. The van der Waals surface area contributed by atoms with E-state index in [1.807, 2.05) is 13.8 Å². The maximum absolute atomic E-state index is 12.3. The van der Waals surface area contributed by atoms with Crippen molar-refractivity contribution in [2.24, 2.45) is 0 Å². The molecule has 0 aliphatic heterocycles. The van der Waals surface area contributed by atoms with Gasteiger partial charge in [0, 0.05) is 6.07 Å². The van der Waals surface area contributed by atoms with E-state index in [0.717, 1.165) is 12.1 Å². The highest BCUT2D eigenvalue weighted by molar-refractivity contribution is 5.31. The lowest BCUT2D eigenvalue weighted by Gasteiger charge is -1.97. The highest BCUT2D eigenvalue weighted by atomic mass is 19.2. The molecule has 0 radical (unpaired) electrons. The van der Waals surface area contributed by atoms with E-state index in [4.69, 9.17) is 5.11 Å². The molecule has 0 atom stereocenters. The molecule has 1 aromatic carbocycles. The molecule has 0 spiro atoms. The third kappa shape index (κ3) is 2.49. The van der Waals surface area contributed by atoms with Crippen LogP contribution in [0.5, 0.6) is 5.75 Å². The largest absolute Gasteiger partial charge is 0.508 e. The van der Waals surface area contributed by atoms with Crippen LogP contribution in [0.25, 0.3) is 0 Å². The fraction of sp³-hybridized carbons (Fsp3) is 0.333. The van der Waals surface area contributed by atoms with Crippen LogP contribution in [0.4, 0.5) is 8.78 Å². The molecule has 0 aliphatic rings. The maximum Gasteiger partial charge on any atom is 0.162 e. The van der Waals surface area contributed by atoms with E-state index in [2.05, 4.69) is 0 Å². The Morgan fingerprint density at radius 2 is 1.50 bits per heavy atom. The quantitative estimate of drug-likeness (QED) is 0.641. The summed E-state index contributed by atoms with van der Waals surface area (Å²) in [6.07, 6.45) is 0. The molecule has 1 N–H and O–H groups in total. The highest BCUT2D eigenvalue weighted by Gasteiger charge is 2.04. The first kappa shape index (κ1) is 10.9. The molecule has 0 bridgehead atoms. The Balaban J connectivity index is 0.000000561. The van der Waals surface area contributed by atoms with E-state index < -0.39 is 11.6 Å². The van der Waals surface area contributed by atoms with Crippen LogP contribution in [-0.4, -0.2) is 5.11 Å². The third-order valence-electron chi connectivity index (χ3n) is 1.24. The summed E-state index contributed by atoms with van der Waals surface area (Å²) in [6, 6.07) is 1.70. The lowest BCUT2D eigenvalue weighted by atomic mass is 10.2. The van der Waals surface area contributed by atoms with Gasteiger partial charge in [-0.3, -0.25) is 0 Å². The standard InChI is InChI=1S/C7H6F2O.C2H6/c1-4-2-5(8)6(9)3-7(4)10;1-2/h2-3,10H,1H3;1-2H3. The molecule has 12 heavy (non-hydrogen) atoms. The van der Waals surface area contributed by atoms with Gasteiger partial charge in [-0.05, 0) is 18.6 Å². The third-order valence-corrected chi connectivity index (χ3v) is 1.24. The van der Waals surface area contributed by atoms with Crippen molar-refractivity contribution < 1.29 is 13.9 Å². The number of rotatable bonds is 0. The van der Waals surface area contributed by atoms with E-state index in [9.17, 15) is 8.78 Å². The van der Waals surface area contributed by atoms with Crippen molar-refractivity contribution in [2.45, 2.75) is 20.8 Å². The van der Waals surface area contributed by atoms with Crippen LogP contribution in [0.3, 0.4) is 0 Å². The SMILES string of the molecule is CC.Cc1cc(F)c(F)cc1O. The summed E-state index contributed by atoms with van der Waals surface area (Å²) in [5, 5.41) is 8.82. The maximum atomic E-state index is 12.3. The minimum Gasteiger partial charge on any atom is -0.508 e. The monoisotopic (exact) mass is 174 g/mol.